The zero-order valence-electron chi connectivity index (χ0n) is 24.5. The molecule has 5 rings (SSSR count). The Morgan fingerprint density at radius 2 is 1.67 bits per heavy atom. The Labute approximate surface area is 247 Å². The molecule has 0 atom stereocenters. The lowest BCUT2D eigenvalue weighted by Gasteiger charge is -2.30. The summed E-state index contributed by atoms with van der Waals surface area (Å²) in [6, 6.07) is 6.82. The van der Waals surface area contributed by atoms with Crippen molar-refractivity contribution in [2.45, 2.75) is 70.6 Å². The van der Waals surface area contributed by atoms with Gasteiger partial charge in [0.1, 0.15) is 12.1 Å². The zero-order valence-corrected chi connectivity index (χ0v) is 24.5. The third kappa shape index (κ3) is 7.83. The number of carbonyl (C=O) groups is 2. The number of para-hydroxylation sites is 2. The highest BCUT2D eigenvalue weighted by molar-refractivity contribution is 5.82. The van der Waals surface area contributed by atoms with Crippen LogP contribution in [0.3, 0.4) is 0 Å². The van der Waals surface area contributed by atoms with E-state index in [1.165, 1.54) is 4.57 Å². The van der Waals surface area contributed by atoms with Crippen LogP contribution in [0.5, 0.6) is 0 Å². The van der Waals surface area contributed by atoms with E-state index in [0.717, 1.165) is 0 Å². The van der Waals surface area contributed by atoms with Crippen molar-refractivity contribution in [3.63, 3.8) is 0 Å². The Hall–Kier alpha value is -4.14. The monoisotopic (exact) mass is 601 g/mol. The fraction of sp³-hybridized carbons (Fsp3) is 0.571. The predicted octanol–water partition coefficient (Wildman–Crippen LogP) is 3.35. The van der Waals surface area contributed by atoms with Crippen LogP contribution in [0.4, 0.5) is 25.5 Å². The third-order valence-electron chi connectivity index (χ3n) is 7.11. The molecule has 232 valence electrons. The Kier molecular flexibility index (Phi) is 9.18. The van der Waals surface area contributed by atoms with Crippen molar-refractivity contribution in [2.75, 3.05) is 43.1 Å². The van der Waals surface area contributed by atoms with E-state index in [-0.39, 0.29) is 36.4 Å². The number of alkyl halides is 2. The lowest BCUT2D eigenvalue weighted by molar-refractivity contribution is -0.121. The molecule has 0 bridgehead atoms. The maximum absolute atomic E-state index is 14.1. The number of nitrogens with one attached hydrogen (secondary N) is 3. The van der Waals surface area contributed by atoms with Crippen molar-refractivity contribution in [3.8, 4) is 5.95 Å². The molecule has 2 aromatic heterocycles. The Bertz CT molecular complexity index is 1430. The van der Waals surface area contributed by atoms with Crippen molar-refractivity contribution >= 4 is 34.9 Å². The summed E-state index contributed by atoms with van der Waals surface area (Å²) in [5.41, 5.74) is 0.244. The maximum atomic E-state index is 14.1. The Morgan fingerprint density at radius 1 is 1.00 bits per heavy atom. The van der Waals surface area contributed by atoms with Crippen LogP contribution in [0.15, 0.2) is 24.3 Å². The van der Waals surface area contributed by atoms with Gasteiger partial charge in [0.05, 0.1) is 24.2 Å². The minimum atomic E-state index is -2.84. The lowest BCUT2D eigenvalue weighted by atomic mass is 9.91. The largest absolute Gasteiger partial charge is 0.444 e. The van der Waals surface area contributed by atoms with E-state index in [9.17, 15) is 18.4 Å². The first-order valence-electron chi connectivity index (χ1n) is 14.4. The summed E-state index contributed by atoms with van der Waals surface area (Å²) < 4.78 is 40.1. The molecule has 0 unspecified atom stereocenters. The van der Waals surface area contributed by atoms with Crippen LogP contribution in [-0.2, 0) is 14.3 Å². The number of amides is 2. The predicted molar refractivity (Wildman–Crippen MR) is 154 cm³/mol. The van der Waals surface area contributed by atoms with Crippen LogP contribution in [0.2, 0.25) is 0 Å². The molecule has 1 aromatic carbocycles. The first-order valence-corrected chi connectivity index (χ1v) is 14.4. The second-order valence-corrected chi connectivity index (χ2v) is 11.6. The van der Waals surface area contributed by atoms with Crippen LogP contribution in [-0.4, -0.2) is 87.0 Å². The van der Waals surface area contributed by atoms with Gasteiger partial charge in [-0.2, -0.15) is 15.0 Å². The molecule has 2 aliphatic rings. The van der Waals surface area contributed by atoms with Crippen LogP contribution in [0.1, 0.15) is 58.7 Å². The van der Waals surface area contributed by atoms with Gasteiger partial charge in [0.2, 0.25) is 23.8 Å². The van der Waals surface area contributed by atoms with Gasteiger partial charge in [-0.15, -0.1) is 0 Å². The van der Waals surface area contributed by atoms with Crippen molar-refractivity contribution < 1.29 is 27.8 Å². The summed E-state index contributed by atoms with van der Waals surface area (Å²) in [7, 11) is 0. The van der Waals surface area contributed by atoms with Gasteiger partial charge in [0.15, 0.2) is 5.82 Å². The number of nitrogens with zero attached hydrogens (tertiary/aromatic N) is 6. The summed E-state index contributed by atoms with van der Waals surface area (Å²) in [5, 5.41) is 8.79. The first-order chi connectivity index (χ1) is 20.6. The molecule has 13 nitrogen and oxygen atoms in total. The highest BCUT2D eigenvalue weighted by Gasteiger charge is 2.27. The minimum absolute atomic E-state index is 0.00469. The number of imidazole rings is 1. The maximum Gasteiger partial charge on any atom is 0.408 e. The van der Waals surface area contributed by atoms with E-state index in [1.54, 1.807) is 45.0 Å². The summed E-state index contributed by atoms with van der Waals surface area (Å²) >= 11 is 0. The number of rotatable bonds is 8. The molecular formula is C28H37F2N9O4. The summed E-state index contributed by atoms with van der Waals surface area (Å²) in [6.07, 6.45) is -0.647. The van der Waals surface area contributed by atoms with Crippen molar-refractivity contribution in [2.24, 2.45) is 0 Å². The van der Waals surface area contributed by atoms with Gasteiger partial charge in [0.25, 0.3) is 6.43 Å². The molecule has 0 spiro atoms. The molecule has 1 saturated heterocycles. The number of aromatic nitrogens is 5. The van der Waals surface area contributed by atoms with Crippen LogP contribution < -0.4 is 20.9 Å². The average Bonchev–Trinajstić information content (AvgIpc) is 3.37. The van der Waals surface area contributed by atoms with Crippen molar-refractivity contribution in [1.82, 2.24) is 35.1 Å². The molecule has 2 amide bonds. The number of hydrogen-bond donors (Lipinski definition) is 3. The molecule has 1 aliphatic carbocycles. The fourth-order valence-electron chi connectivity index (χ4n) is 5.13. The van der Waals surface area contributed by atoms with E-state index < -0.39 is 23.9 Å². The number of halogens is 2. The van der Waals surface area contributed by atoms with Crippen LogP contribution in [0.25, 0.3) is 17.0 Å². The molecule has 3 heterocycles. The normalized spacial score (nSPS) is 19.3. The standard InChI is InChI=1S/C28H37F2N9O4/c1-28(2,3)43-27(41)31-16-21(40)32-17-8-10-18(11-9-17)33-24-35-25(38-12-14-42-15-13-38)37-26(36-24)39-20-7-5-4-6-19(20)34-23(39)22(29)30/h4-7,17-18,22H,8-16H2,1-3H3,(H,31,41)(H,32,40)(H,33,35,36,37)/t17-,18-. The van der Waals surface area contributed by atoms with E-state index in [1.807, 2.05) is 4.90 Å². The summed E-state index contributed by atoms with van der Waals surface area (Å²) in [6.45, 7) is 7.20. The highest BCUT2D eigenvalue weighted by atomic mass is 19.3. The van der Waals surface area contributed by atoms with Crippen molar-refractivity contribution in [3.05, 3.63) is 30.1 Å². The summed E-state index contributed by atoms with van der Waals surface area (Å²) in [5.74, 6) is -0.0298. The van der Waals surface area contributed by atoms with E-state index >= 15 is 0 Å². The number of carbonyl (C=O) groups excluding carboxylic acids is 2. The van der Waals surface area contributed by atoms with Crippen LogP contribution >= 0.6 is 0 Å². The Balaban J connectivity index is 1.28. The Morgan fingerprint density at radius 3 is 2.37 bits per heavy atom. The number of ether oxygens (including phenoxy) is 2. The van der Waals surface area contributed by atoms with E-state index in [4.69, 9.17) is 9.47 Å². The zero-order chi connectivity index (χ0) is 30.6. The second-order valence-electron chi connectivity index (χ2n) is 11.6. The number of morpholine rings is 1. The van der Waals surface area contributed by atoms with Crippen molar-refractivity contribution in [1.29, 1.82) is 0 Å². The molecule has 1 saturated carbocycles. The van der Waals surface area contributed by atoms with E-state index in [2.05, 4.69) is 35.9 Å². The summed E-state index contributed by atoms with van der Waals surface area (Å²) in [4.78, 5) is 44.1. The molecule has 3 aromatic rings. The van der Waals surface area contributed by atoms with Gasteiger partial charge >= 0.3 is 6.09 Å². The second kappa shape index (κ2) is 13.0. The topological polar surface area (TPSA) is 148 Å². The van der Waals surface area contributed by atoms with Gasteiger partial charge in [-0.05, 0) is 58.6 Å². The minimum Gasteiger partial charge on any atom is -0.444 e. The van der Waals surface area contributed by atoms with Gasteiger partial charge in [0, 0.05) is 25.2 Å². The average molecular weight is 602 g/mol. The van der Waals surface area contributed by atoms with Crippen LogP contribution in [0, 0.1) is 0 Å². The third-order valence-corrected chi connectivity index (χ3v) is 7.11. The molecule has 43 heavy (non-hydrogen) atoms. The molecule has 1 aliphatic heterocycles. The van der Waals surface area contributed by atoms with Gasteiger partial charge in [-0.3, -0.25) is 9.36 Å². The SMILES string of the molecule is CC(C)(C)OC(=O)NCC(=O)N[C@H]1CC[C@H](Nc2nc(N3CCOCC3)nc(-n3c(C(F)F)nc4ccccc43)n2)CC1. The van der Waals surface area contributed by atoms with Gasteiger partial charge in [-0.1, -0.05) is 12.1 Å². The first kappa shape index (κ1) is 30.3. The quantitative estimate of drug-likeness (QED) is 0.351. The highest BCUT2D eigenvalue weighted by Crippen LogP contribution is 2.28. The van der Waals surface area contributed by atoms with Gasteiger partial charge < -0.3 is 30.3 Å². The molecule has 2 fully saturated rings. The number of hydrogen-bond acceptors (Lipinski definition) is 10. The number of benzene rings is 1. The molecular weight excluding hydrogens is 564 g/mol. The number of fused-ring (bicyclic) bond motifs is 1. The molecule has 0 radical (unpaired) electrons. The fourth-order valence-corrected chi connectivity index (χ4v) is 5.13. The molecule has 15 heteroatoms. The smallest absolute Gasteiger partial charge is 0.408 e. The van der Waals surface area contributed by atoms with E-state index in [0.29, 0.717) is 69.0 Å². The lowest BCUT2D eigenvalue weighted by Crippen LogP contribution is -2.45. The number of alkyl carbamates (subject to hydrolysis) is 1. The molecule has 3 N–H and O–H groups in total. The van der Waals surface area contributed by atoms with Gasteiger partial charge in [-0.25, -0.2) is 18.6 Å². The number of anilines is 2.